The Hall–Kier alpha value is -1.40. The van der Waals surface area contributed by atoms with Gasteiger partial charge in [0.25, 0.3) is 0 Å². The van der Waals surface area contributed by atoms with E-state index in [2.05, 4.69) is 33.0 Å². The van der Waals surface area contributed by atoms with Crippen molar-refractivity contribution in [2.45, 2.75) is 82.6 Å². The van der Waals surface area contributed by atoms with E-state index in [1.165, 1.54) is 23.6 Å². The summed E-state index contributed by atoms with van der Waals surface area (Å²) in [4.78, 5) is 13.0. The quantitative estimate of drug-likeness (QED) is 0.798. The van der Waals surface area contributed by atoms with Crippen molar-refractivity contribution in [2.75, 3.05) is 13.1 Å². The second-order valence-corrected chi connectivity index (χ2v) is 11.8. The SMILES string of the molecule is CC1CCCCC1NC(=O)C1CCN(S(=O)(=O)c2ccc(C(C)(C)C)cc2)CC1. The fourth-order valence-corrected chi connectivity index (χ4v) is 5.94. The van der Waals surface area contributed by atoms with Crippen molar-refractivity contribution in [3.63, 3.8) is 0 Å². The van der Waals surface area contributed by atoms with E-state index in [0.717, 1.165) is 12.0 Å². The summed E-state index contributed by atoms with van der Waals surface area (Å²) in [6.07, 6.45) is 5.85. The number of hydrogen-bond acceptors (Lipinski definition) is 3. The molecule has 2 fully saturated rings. The van der Waals surface area contributed by atoms with Crippen LogP contribution in [0.3, 0.4) is 0 Å². The van der Waals surface area contributed by atoms with E-state index in [1.807, 2.05) is 12.1 Å². The highest BCUT2D eigenvalue weighted by Gasteiger charge is 2.33. The molecule has 2 unspecified atom stereocenters. The number of benzene rings is 1. The van der Waals surface area contributed by atoms with E-state index in [4.69, 9.17) is 0 Å². The van der Waals surface area contributed by atoms with E-state index in [1.54, 1.807) is 12.1 Å². The van der Waals surface area contributed by atoms with Crippen LogP contribution in [0.5, 0.6) is 0 Å². The maximum Gasteiger partial charge on any atom is 0.243 e. The molecule has 1 N–H and O–H groups in total. The minimum Gasteiger partial charge on any atom is -0.353 e. The molecule has 2 aliphatic rings. The second-order valence-electron chi connectivity index (χ2n) is 9.83. The molecule has 0 bridgehead atoms. The van der Waals surface area contributed by atoms with Crippen LogP contribution in [-0.2, 0) is 20.2 Å². The van der Waals surface area contributed by atoms with Gasteiger partial charge in [-0.3, -0.25) is 4.79 Å². The topological polar surface area (TPSA) is 66.5 Å². The van der Waals surface area contributed by atoms with Gasteiger partial charge < -0.3 is 5.32 Å². The summed E-state index contributed by atoms with van der Waals surface area (Å²) < 4.78 is 27.6. The molecular formula is C23H36N2O3S. The Labute approximate surface area is 176 Å². The first-order chi connectivity index (χ1) is 13.6. The molecule has 6 heteroatoms. The Balaban J connectivity index is 1.58. The van der Waals surface area contributed by atoms with E-state index >= 15 is 0 Å². The minimum absolute atomic E-state index is 0.0101. The highest BCUT2D eigenvalue weighted by Crippen LogP contribution is 2.28. The second kappa shape index (κ2) is 8.76. The average molecular weight is 421 g/mol. The van der Waals surface area contributed by atoms with Crippen LogP contribution in [0.2, 0.25) is 0 Å². The first kappa shape index (κ1) is 22.3. The molecule has 29 heavy (non-hydrogen) atoms. The van der Waals surface area contributed by atoms with Crippen LogP contribution in [0, 0.1) is 11.8 Å². The molecule has 1 saturated heterocycles. The first-order valence-electron chi connectivity index (χ1n) is 11.0. The zero-order valence-electron chi connectivity index (χ0n) is 18.3. The monoisotopic (exact) mass is 420 g/mol. The van der Waals surface area contributed by atoms with Gasteiger partial charge >= 0.3 is 0 Å². The van der Waals surface area contributed by atoms with Crippen molar-refractivity contribution in [3.8, 4) is 0 Å². The van der Waals surface area contributed by atoms with Gasteiger partial charge in [-0.15, -0.1) is 0 Å². The molecule has 1 aliphatic heterocycles. The van der Waals surface area contributed by atoms with Crippen LogP contribution in [0.25, 0.3) is 0 Å². The zero-order chi connectivity index (χ0) is 21.2. The predicted octanol–water partition coefficient (Wildman–Crippen LogP) is 4.08. The number of piperidine rings is 1. The standard InChI is InChI=1S/C23H36N2O3S/c1-17-7-5-6-8-21(17)24-22(26)18-13-15-25(16-14-18)29(27,28)20-11-9-19(10-12-20)23(2,3)4/h9-12,17-18,21H,5-8,13-16H2,1-4H3,(H,24,26). The third-order valence-electron chi connectivity index (χ3n) is 6.62. The Morgan fingerprint density at radius 1 is 1.00 bits per heavy atom. The van der Waals surface area contributed by atoms with E-state index in [0.29, 0.717) is 36.7 Å². The van der Waals surface area contributed by atoms with Crippen molar-refractivity contribution < 1.29 is 13.2 Å². The molecule has 0 spiro atoms. The fraction of sp³-hybridized carbons (Fsp3) is 0.696. The molecule has 3 rings (SSSR count). The highest BCUT2D eigenvalue weighted by atomic mass is 32.2. The van der Waals surface area contributed by atoms with Crippen LogP contribution < -0.4 is 5.32 Å². The van der Waals surface area contributed by atoms with Crippen molar-refractivity contribution in [1.29, 1.82) is 0 Å². The largest absolute Gasteiger partial charge is 0.353 e. The Morgan fingerprint density at radius 3 is 2.14 bits per heavy atom. The lowest BCUT2D eigenvalue weighted by atomic mass is 9.85. The molecule has 1 aliphatic carbocycles. The molecular weight excluding hydrogens is 384 g/mol. The summed E-state index contributed by atoms with van der Waals surface area (Å²) >= 11 is 0. The smallest absolute Gasteiger partial charge is 0.243 e. The molecule has 1 aromatic rings. The maximum absolute atomic E-state index is 13.0. The molecule has 2 atom stereocenters. The number of hydrogen-bond donors (Lipinski definition) is 1. The van der Waals surface area contributed by atoms with Gasteiger partial charge in [-0.25, -0.2) is 8.42 Å². The van der Waals surface area contributed by atoms with Crippen LogP contribution >= 0.6 is 0 Å². The Morgan fingerprint density at radius 2 is 1.59 bits per heavy atom. The van der Waals surface area contributed by atoms with Crippen LogP contribution in [0.4, 0.5) is 0 Å². The summed E-state index contributed by atoms with van der Waals surface area (Å²) in [5.41, 5.74) is 1.10. The minimum atomic E-state index is -3.51. The van der Waals surface area contributed by atoms with Gasteiger partial charge in [-0.1, -0.05) is 52.7 Å². The number of amides is 1. The molecule has 1 saturated carbocycles. The van der Waals surface area contributed by atoms with E-state index in [-0.39, 0.29) is 23.3 Å². The van der Waals surface area contributed by atoms with Gasteiger partial charge in [0.2, 0.25) is 15.9 Å². The number of carbonyl (C=O) groups is 1. The lowest BCUT2D eigenvalue weighted by molar-refractivity contribution is -0.127. The number of rotatable bonds is 4. The Kier molecular flexibility index (Phi) is 6.74. The number of nitrogens with one attached hydrogen (secondary N) is 1. The first-order valence-corrected chi connectivity index (χ1v) is 12.4. The van der Waals surface area contributed by atoms with Crippen molar-refractivity contribution in [2.24, 2.45) is 11.8 Å². The van der Waals surface area contributed by atoms with Crippen molar-refractivity contribution in [3.05, 3.63) is 29.8 Å². The van der Waals surface area contributed by atoms with Gasteiger partial charge in [-0.05, 0) is 54.7 Å². The number of nitrogens with zero attached hydrogens (tertiary/aromatic N) is 1. The van der Waals surface area contributed by atoms with Gasteiger partial charge in [0, 0.05) is 25.0 Å². The molecule has 0 radical (unpaired) electrons. The van der Waals surface area contributed by atoms with Crippen LogP contribution in [0.15, 0.2) is 29.2 Å². The van der Waals surface area contributed by atoms with Gasteiger partial charge in [0.1, 0.15) is 0 Å². The molecule has 1 aromatic carbocycles. The van der Waals surface area contributed by atoms with Crippen LogP contribution in [0.1, 0.15) is 71.8 Å². The summed E-state index contributed by atoms with van der Waals surface area (Å²) in [6.45, 7) is 9.36. The molecule has 1 amide bonds. The molecule has 5 nitrogen and oxygen atoms in total. The van der Waals surface area contributed by atoms with E-state index in [9.17, 15) is 13.2 Å². The summed E-state index contributed by atoms with van der Waals surface area (Å²) in [6, 6.07) is 7.49. The summed E-state index contributed by atoms with van der Waals surface area (Å²) in [7, 11) is -3.51. The van der Waals surface area contributed by atoms with Crippen molar-refractivity contribution in [1.82, 2.24) is 9.62 Å². The van der Waals surface area contributed by atoms with Crippen molar-refractivity contribution >= 4 is 15.9 Å². The van der Waals surface area contributed by atoms with E-state index < -0.39 is 10.0 Å². The fourth-order valence-electron chi connectivity index (χ4n) is 4.47. The van der Waals surface area contributed by atoms with Gasteiger partial charge in [0.15, 0.2) is 0 Å². The summed E-state index contributed by atoms with van der Waals surface area (Å²) in [5, 5.41) is 3.24. The lowest BCUT2D eigenvalue weighted by Crippen LogP contribution is -2.47. The summed E-state index contributed by atoms with van der Waals surface area (Å²) in [5.74, 6) is 0.554. The van der Waals surface area contributed by atoms with Gasteiger partial charge in [-0.2, -0.15) is 4.31 Å². The lowest BCUT2D eigenvalue weighted by Gasteiger charge is -2.34. The maximum atomic E-state index is 13.0. The molecule has 162 valence electrons. The normalized spacial score (nSPS) is 25.0. The molecule has 1 heterocycles. The number of carbonyl (C=O) groups excluding carboxylic acids is 1. The number of sulfonamides is 1. The van der Waals surface area contributed by atoms with Gasteiger partial charge in [0.05, 0.1) is 4.90 Å². The molecule has 0 aromatic heterocycles. The third kappa shape index (κ3) is 5.21. The average Bonchev–Trinajstić information content (AvgIpc) is 2.69. The predicted molar refractivity (Wildman–Crippen MR) is 116 cm³/mol. The highest BCUT2D eigenvalue weighted by molar-refractivity contribution is 7.89. The zero-order valence-corrected chi connectivity index (χ0v) is 19.1. The van der Waals surface area contributed by atoms with Crippen LogP contribution in [-0.4, -0.2) is 37.8 Å². The Bertz CT molecular complexity index is 804. The third-order valence-corrected chi connectivity index (χ3v) is 8.53.